The van der Waals surface area contributed by atoms with Crippen molar-refractivity contribution in [2.24, 2.45) is 5.92 Å². The SMILES string of the molecule is COc1cccc(CC2Cc3ccccc3C2Br)c1. The molecule has 3 rings (SSSR count). The molecule has 2 aromatic rings. The number of halogens is 1. The minimum atomic E-state index is 0.468. The third-order valence-corrected chi connectivity index (χ3v) is 5.12. The quantitative estimate of drug-likeness (QED) is 0.755. The van der Waals surface area contributed by atoms with Gasteiger partial charge in [-0.1, -0.05) is 52.3 Å². The largest absolute Gasteiger partial charge is 0.497 e. The number of alkyl halides is 1. The van der Waals surface area contributed by atoms with E-state index in [0.29, 0.717) is 10.7 Å². The van der Waals surface area contributed by atoms with Crippen LogP contribution >= 0.6 is 15.9 Å². The highest BCUT2D eigenvalue weighted by molar-refractivity contribution is 9.09. The van der Waals surface area contributed by atoms with Gasteiger partial charge in [0.05, 0.1) is 7.11 Å². The highest BCUT2D eigenvalue weighted by Crippen LogP contribution is 2.43. The average Bonchev–Trinajstić information content (AvgIpc) is 2.76. The van der Waals surface area contributed by atoms with E-state index in [4.69, 9.17) is 4.74 Å². The van der Waals surface area contributed by atoms with Crippen molar-refractivity contribution in [2.45, 2.75) is 17.7 Å². The summed E-state index contributed by atoms with van der Waals surface area (Å²) in [6.45, 7) is 0. The Morgan fingerprint density at radius 2 is 2.00 bits per heavy atom. The van der Waals surface area contributed by atoms with Crippen molar-refractivity contribution >= 4 is 15.9 Å². The van der Waals surface area contributed by atoms with E-state index < -0.39 is 0 Å². The van der Waals surface area contributed by atoms with Crippen LogP contribution < -0.4 is 4.74 Å². The Morgan fingerprint density at radius 3 is 2.79 bits per heavy atom. The van der Waals surface area contributed by atoms with E-state index in [1.807, 2.05) is 6.07 Å². The summed E-state index contributed by atoms with van der Waals surface area (Å²) in [5.41, 5.74) is 4.29. The van der Waals surface area contributed by atoms with E-state index >= 15 is 0 Å². The number of methoxy groups -OCH3 is 1. The van der Waals surface area contributed by atoms with E-state index in [0.717, 1.165) is 18.6 Å². The molecule has 0 bridgehead atoms. The molecular formula is C17H17BrO. The number of benzene rings is 2. The van der Waals surface area contributed by atoms with Crippen LogP contribution in [0.4, 0.5) is 0 Å². The highest BCUT2D eigenvalue weighted by atomic mass is 79.9. The molecule has 0 radical (unpaired) electrons. The lowest BCUT2D eigenvalue weighted by atomic mass is 9.96. The number of rotatable bonds is 3. The molecule has 2 unspecified atom stereocenters. The molecule has 0 aromatic heterocycles. The van der Waals surface area contributed by atoms with Gasteiger partial charge in [-0.15, -0.1) is 0 Å². The van der Waals surface area contributed by atoms with Gasteiger partial charge in [0.2, 0.25) is 0 Å². The van der Waals surface area contributed by atoms with E-state index in [-0.39, 0.29) is 0 Å². The smallest absolute Gasteiger partial charge is 0.119 e. The zero-order valence-corrected chi connectivity index (χ0v) is 12.6. The summed E-state index contributed by atoms with van der Waals surface area (Å²) in [4.78, 5) is 0.468. The number of fused-ring (bicyclic) bond motifs is 1. The molecule has 2 aromatic carbocycles. The maximum atomic E-state index is 5.30. The van der Waals surface area contributed by atoms with Crippen LogP contribution in [0.3, 0.4) is 0 Å². The lowest BCUT2D eigenvalue weighted by molar-refractivity contribution is 0.413. The topological polar surface area (TPSA) is 9.23 Å². The Bertz CT molecular complexity index is 579. The first kappa shape index (κ1) is 12.7. The summed E-state index contributed by atoms with van der Waals surface area (Å²) in [5.74, 6) is 1.57. The average molecular weight is 317 g/mol. The molecule has 0 saturated carbocycles. The Balaban J connectivity index is 1.79. The van der Waals surface area contributed by atoms with Crippen molar-refractivity contribution < 1.29 is 4.74 Å². The Labute approximate surface area is 122 Å². The molecule has 98 valence electrons. The predicted octanol–water partition coefficient (Wildman–Crippen LogP) is 4.55. The van der Waals surface area contributed by atoms with E-state index in [2.05, 4.69) is 58.4 Å². The Kier molecular flexibility index (Phi) is 3.61. The standard InChI is InChI=1S/C17H17BrO/c1-19-15-7-4-5-12(10-15)9-14-11-13-6-2-3-8-16(13)17(14)18/h2-8,10,14,17H,9,11H2,1H3. The zero-order valence-electron chi connectivity index (χ0n) is 11.0. The molecule has 0 heterocycles. The Morgan fingerprint density at radius 1 is 1.16 bits per heavy atom. The van der Waals surface area contributed by atoms with Gasteiger partial charge in [-0.3, -0.25) is 0 Å². The summed E-state index contributed by atoms with van der Waals surface area (Å²) in [5, 5.41) is 0. The minimum absolute atomic E-state index is 0.468. The first-order valence-corrected chi connectivity index (χ1v) is 7.54. The molecule has 0 spiro atoms. The van der Waals surface area contributed by atoms with Gasteiger partial charge in [-0.25, -0.2) is 0 Å². The van der Waals surface area contributed by atoms with Gasteiger partial charge in [0.25, 0.3) is 0 Å². The molecule has 0 N–H and O–H groups in total. The van der Waals surface area contributed by atoms with Crippen molar-refractivity contribution in [1.82, 2.24) is 0 Å². The van der Waals surface area contributed by atoms with Gasteiger partial charge in [0.1, 0.15) is 5.75 Å². The maximum Gasteiger partial charge on any atom is 0.119 e. The van der Waals surface area contributed by atoms with E-state index in [1.165, 1.54) is 16.7 Å². The van der Waals surface area contributed by atoms with Crippen LogP contribution in [0.25, 0.3) is 0 Å². The molecule has 1 aliphatic rings. The van der Waals surface area contributed by atoms with Gasteiger partial charge in [0, 0.05) is 4.83 Å². The van der Waals surface area contributed by atoms with Gasteiger partial charge >= 0.3 is 0 Å². The minimum Gasteiger partial charge on any atom is -0.497 e. The number of hydrogen-bond acceptors (Lipinski definition) is 1. The first-order valence-electron chi connectivity index (χ1n) is 6.62. The van der Waals surface area contributed by atoms with Crippen LogP contribution in [0, 0.1) is 5.92 Å². The lowest BCUT2D eigenvalue weighted by Gasteiger charge is -2.15. The molecule has 2 atom stereocenters. The molecule has 0 amide bonds. The second-order valence-electron chi connectivity index (χ2n) is 5.12. The van der Waals surface area contributed by atoms with Crippen molar-refractivity contribution in [1.29, 1.82) is 0 Å². The summed E-state index contributed by atoms with van der Waals surface area (Å²) in [7, 11) is 1.72. The van der Waals surface area contributed by atoms with Gasteiger partial charge < -0.3 is 4.74 Å². The summed E-state index contributed by atoms with van der Waals surface area (Å²) in [6, 6.07) is 17.1. The molecule has 1 nitrogen and oxygen atoms in total. The summed E-state index contributed by atoms with van der Waals surface area (Å²) >= 11 is 3.87. The van der Waals surface area contributed by atoms with Gasteiger partial charge in [-0.2, -0.15) is 0 Å². The fraction of sp³-hybridized carbons (Fsp3) is 0.294. The zero-order chi connectivity index (χ0) is 13.2. The molecule has 0 aliphatic heterocycles. The van der Waals surface area contributed by atoms with Crippen molar-refractivity contribution in [2.75, 3.05) is 7.11 Å². The molecule has 0 saturated heterocycles. The third kappa shape index (κ3) is 2.55. The summed E-state index contributed by atoms with van der Waals surface area (Å²) in [6.07, 6.45) is 2.24. The summed E-state index contributed by atoms with van der Waals surface area (Å²) < 4.78 is 5.30. The van der Waals surface area contributed by atoms with Crippen LogP contribution in [-0.4, -0.2) is 7.11 Å². The van der Waals surface area contributed by atoms with Crippen molar-refractivity contribution in [3.8, 4) is 5.75 Å². The first-order chi connectivity index (χ1) is 9.28. The second-order valence-corrected chi connectivity index (χ2v) is 6.11. The van der Waals surface area contributed by atoms with Crippen LogP contribution in [-0.2, 0) is 12.8 Å². The highest BCUT2D eigenvalue weighted by Gasteiger charge is 2.30. The van der Waals surface area contributed by atoms with Gasteiger partial charge in [0.15, 0.2) is 0 Å². The monoisotopic (exact) mass is 316 g/mol. The maximum absolute atomic E-state index is 5.30. The number of ether oxygens (including phenoxy) is 1. The fourth-order valence-corrected chi connectivity index (χ4v) is 3.73. The lowest BCUT2D eigenvalue weighted by Crippen LogP contribution is -2.06. The van der Waals surface area contributed by atoms with Crippen molar-refractivity contribution in [3.05, 3.63) is 65.2 Å². The number of hydrogen-bond donors (Lipinski definition) is 0. The molecule has 2 heteroatoms. The normalized spacial score (nSPS) is 21.2. The molecule has 19 heavy (non-hydrogen) atoms. The van der Waals surface area contributed by atoms with Crippen LogP contribution in [0.5, 0.6) is 5.75 Å². The van der Waals surface area contributed by atoms with Crippen LogP contribution in [0.1, 0.15) is 21.5 Å². The van der Waals surface area contributed by atoms with Crippen LogP contribution in [0.15, 0.2) is 48.5 Å². The Hall–Kier alpha value is -1.28. The second kappa shape index (κ2) is 5.38. The molecule has 1 aliphatic carbocycles. The van der Waals surface area contributed by atoms with Crippen LogP contribution in [0.2, 0.25) is 0 Å². The van der Waals surface area contributed by atoms with Gasteiger partial charge in [-0.05, 0) is 47.6 Å². The third-order valence-electron chi connectivity index (χ3n) is 3.88. The van der Waals surface area contributed by atoms with E-state index in [1.54, 1.807) is 7.11 Å². The predicted molar refractivity (Wildman–Crippen MR) is 82.0 cm³/mol. The molecule has 0 fully saturated rings. The molecular weight excluding hydrogens is 300 g/mol. The van der Waals surface area contributed by atoms with Crippen molar-refractivity contribution in [3.63, 3.8) is 0 Å². The van der Waals surface area contributed by atoms with E-state index in [9.17, 15) is 0 Å². The fourth-order valence-electron chi connectivity index (χ4n) is 2.91.